The summed E-state index contributed by atoms with van der Waals surface area (Å²) in [6, 6.07) is 17.3. The van der Waals surface area contributed by atoms with Crippen molar-refractivity contribution in [3.05, 3.63) is 70.9 Å². The van der Waals surface area contributed by atoms with Crippen LogP contribution in [-0.2, 0) is 11.2 Å². The first kappa shape index (κ1) is 18.9. The zero-order valence-corrected chi connectivity index (χ0v) is 15.7. The minimum atomic E-state index is -0.353. The van der Waals surface area contributed by atoms with Gasteiger partial charge in [0.25, 0.3) is 5.91 Å². The van der Waals surface area contributed by atoms with Gasteiger partial charge in [-0.2, -0.15) is 5.10 Å². The average Bonchev–Trinajstić information content (AvgIpc) is 2.68. The van der Waals surface area contributed by atoms with Gasteiger partial charge in [0.2, 0.25) is 0 Å². The second-order valence-electron chi connectivity index (χ2n) is 6.04. The van der Waals surface area contributed by atoms with Gasteiger partial charge in [-0.05, 0) is 36.2 Å². The molecule has 1 heterocycles. The molecule has 0 saturated carbocycles. The summed E-state index contributed by atoms with van der Waals surface area (Å²) in [7, 11) is 0. The normalized spacial score (nSPS) is 11.0. The van der Waals surface area contributed by atoms with E-state index in [1.54, 1.807) is 0 Å². The maximum Gasteiger partial charge on any atom is 0.277 e. The Kier molecular flexibility index (Phi) is 6.39. The molecule has 0 atom stereocenters. The number of amides is 1. The molecule has 27 heavy (non-hydrogen) atoms. The molecule has 0 aliphatic carbocycles. The Morgan fingerprint density at radius 2 is 2.00 bits per heavy atom. The quantitative estimate of drug-likeness (QED) is 0.375. The number of hydrogen-bond donors (Lipinski definition) is 1. The lowest BCUT2D eigenvalue weighted by molar-refractivity contribution is -0.123. The van der Waals surface area contributed by atoms with Gasteiger partial charge in [-0.15, -0.1) is 0 Å². The van der Waals surface area contributed by atoms with Crippen molar-refractivity contribution >= 4 is 34.6 Å². The predicted molar refractivity (Wildman–Crippen MR) is 108 cm³/mol. The van der Waals surface area contributed by atoms with E-state index in [0.717, 1.165) is 23.7 Å². The molecule has 5 nitrogen and oxygen atoms in total. The van der Waals surface area contributed by atoms with Crippen molar-refractivity contribution in [2.45, 2.75) is 19.8 Å². The molecule has 1 aromatic heterocycles. The fourth-order valence-corrected chi connectivity index (χ4v) is 2.79. The average molecular weight is 382 g/mol. The molecule has 0 bridgehead atoms. The zero-order valence-electron chi connectivity index (χ0n) is 15.0. The van der Waals surface area contributed by atoms with Gasteiger partial charge in [-0.3, -0.25) is 4.79 Å². The molecule has 0 aliphatic heterocycles. The van der Waals surface area contributed by atoms with Crippen LogP contribution in [-0.4, -0.2) is 23.7 Å². The van der Waals surface area contributed by atoms with Gasteiger partial charge in [0.15, 0.2) is 6.61 Å². The van der Waals surface area contributed by atoms with Gasteiger partial charge in [0.05, 0.1) is 11.7 Å². The largest absolute Gasteiger partial charge is 0.484 e. The summed E-state index contributed by atoms with van der Waals surface area (Å²) in [6.45, 7) is 2.02. The second-order valence-corrected chi connectivity index (χ2v) is 6.39. The number of para-hydroxylation sites is 1. The lowest BCUT2D eigenvalue weighted by Gasteiger charge is -2.06. The molecule has 0 saturated heterocycles. The van der Waals surface area contributed by atoms with Gasteiger partial charge in [0.1, 0.15) is 10.9 Å². The standard InChI is InChI=1S/C21H20ClN3O2/c1-2-5-15-8-10-18(11-9-15)27-14-20(26)25-23-13-17-12-16-6-3-4-7-19(16)24-21(17)22/h3-4,6-13H,2,5,14H2,1H3,(H,25,26). The molecule has 0 spiro atoms. The summed E-state index contributed by atoms with van der Waals surface area (Å²) in [5, 5.41) is 5.21. The molecular weight excluding hydrogens is 362 g/mol. The summed E-state index contributed by atoms with van der Waals surface area (Å²) in [5.41, 5.74) is 5.11. The number of hydrogen-bond acceptors (Lipinski definition) is 4. The van der Waals surface area contributed by atoms with E-state index in [9.17, 15) is 4.79 Å². The van der Waals surface area contributed by atoms with Crippen LogP contribution in [0, 0.1) is 0 Å². The van der Waals surface area contributed by atoms with Crippen LogP contribution in [0.3, 0.4) is 0 Å². The maximum absolute atomic E-state index is 11.9. The Morgan fingerprint density at radius 1 is 1.22 bits per heavy atom. The van der Waals surface area contributed by atoms with Crippen molar-refractivity contribution < 1.29 is 9.53 Å². The van der Waals surface area contributed by atoms with Gasteiger partial charge in [-0.1, -0.05) is 55.3 Å². The molecule has 3 aromatic rings. The number of ether oxygens (including phenoxy) is 1. The SMILES string of the molecule is CCCc1ccc(OCC(=O)NN=Cc2cc3ccccc3nc2Cl)cc1. The predicted octanol–water partition coefficient (Wildman–Crippen LogP) is 4.37. The smallest absolute Gasteiger partial charge is 0.277 e. The van der Waals surface area contributed by atoms with Crippen molar-refractivity contribution in [2.24, 2.45) is 5.10 Å². The highest BCUT2D eigenvalue weighted by atomic mass is 35.5. The van der Waals surface area contributed by atoms with Gasteiger partial charge >= 0.3 is 0 Å². The summed E-state index contributed by atoms with van der Waals surface area (Å²) in [4.78, 5) is 16.2. The number of pyridine rings is 1. The Morgan fingerprint density at radius 3 is 2.78 bits per heavy atom. The molecule has 0 fully saturated rings. The van der Waals surface area contributed by atoms with Crippen molar-refractivity contribution in [3.63, 3.8) is 0 Å². The van der Waals surface area contributed by atoms with Crippen LogP contribution in [0.2, 0.25) is 5.15 Å². The number of fused-ring (bicyclic) bond motifs is 1. The van der Waals surface area contributed by atoms with Crippen LogP contribution < -0.4 is 10.2 Å². The molecular formula is C21H20ClN3O2. The molecule has 0 unspecified atom stereocenters. The number of halogens is 1. The fourth-order valence-electron chi connectivity index (χ4n) is 2.60. The van der Waals surface area contributed by atoms with E-state index >= 15 is 0 Å². The van der Waals surface area contributed by atoms with Crippen molar-refractivity contribution in [1.82, 2.24) is 10.4 Å². The zero-order chi connectivity index (χ0) is 19.1. The Balaban J connectivity index is 1.53. The van der Waals surface area contributed by atoms with Crippen LogP contribution in [0.4, 0.5) is 0 Å². The number of benzene rings is 2. The van der Waals surface area contributed by atoms with E-state index in [0.29, 0.717) is 16.5 Å². The molecule has 0 radical (unpaired) electrons. The number of hydrazone groups is 1. The Bertz CT molecular complexity index is 955. The molecule has 138 valence electrons. The number of nitrogens with one attached hydrogen (secondary N) is 1. The third kappa shape index (κ3) is 5.28. The van der Waals surface area contributed by atoms with Crippen molar-refractivity contribution in [1.29, 1.82) is 0 Å². The Labute approximate surface area is 163 Å². The van der Waals surface area contributed by atoms with Crippen LogP contribution in [0.25, 0.3) is 10.9 Å². The molecule has 1 N–H and O–H groups in total. The van der Waals surface area contributed by atoms with E-state index in [2.05, 4.69) is 22.4 Å². The first-order valence-corrected chi connectivity index (χ1v) is 9.12. The van der Waals surface area contributed by atoms with Crippen molar-refractivity contribution in [3.8, 4) is 5.75 Å². The number of aromatic nitrogens is 1. The van der Waals surface area contributed by atoms with Crippen LogP contribution >= 0.6 is 11.6 Å². The van der Waals surface area contributed by atoms with E-state index in [4.69, 9.17) is 16.3 Å². The lowest BCUT2D eigenvalue weighted by atomic mass is 10.1. The highest BCUT2D eigenvalue weighted by Gasteiger charge is 2.04. The number of carbonyl (C=O) groups is 1. The lowest BCUT2D eigenvalue weighted by Crippen LogP contribution is -2.24. The Hall–Kier alpha value is -2.92. The topological polar surface area (TPSA) is 63.6 Å². The molecule has 3 rings (SSSR count). The van der Waals surface area contributed by atoms with E-state index in [1.165, 1.54) is 11.8 Å². The second kappa shape index (κ2) is 9.14. The monoisotopic (exact) mass is 381 g/mol. The number of carbonyl (C=O) groups excluding carboxylic acids is 1. The summed E-state index contributed by atoms with van der Waals surface area (Å²) in [5.74, 6) is 0.296. The third-order valence-corrected chi connectivity index (χ3v) is 4.23. The van der Waals surface area contributed by atoms with E-state index in [1.807, 2.05) is 54.6 Å². The van der Waals surface area contributed by atoms with E-state index in [-0.39, 0.29) is 12.5 Å². The summed E-state index contributed by atoms with van der Waals surface area (Å²) in [6.07, 6.45) is 3.60. The maximum atomic E-state index is 11.9. The number of nitrogens with zero attached hydrogens (tertiary/aromatic N) is 2. The molecule has 6 heteroatoms. The van der Waals surface area contributed by atoms with Crippen LogP contribution in [0.1, 0.15) is 24.5 Å². The first-order chi connectivity index (χ1) is 13.2. The van der Waals surface area contributed by atoms with Gasteiger partial charge in [0, 0.05) is 10.9 Å². The fraction of sp³-hybridized carbons (Fsp3) is 0.190. The van der Waals surface area contributed by atoms with Crippen LogP contribution in [0.5, 0.6) is 5.75 Å². The molecule has 2 aromatic carbocycles. The summed E-state index contributed by atoms with van der Waals surface area (Å²) < 4.78 is 5.46. The van der Waals surface area contributed by atoms with Gasteiger partial charge in [-0.25, -0.2) is 10.4 Å². The van der Waals surface area contributed by atoms with E-state index < -0.39 is 0 Å². The number of rotatable bonds is 7. The van der Waals surface area contributed by atoms with Gasteiger partial charge < -0.3 is 4.74 Å². The molecule has 0 aliphatic rings. The third-order valence-electron chi connectivity index (χ3n) is 3.93. The highest BCUT2D eigenvalue weighted by Crippen LogP contribution is 2.19. The molecule has 1 amide bonds. The number of aryl methyl sites for hydroxylation is 1. The minimum absolute atomic E-state index is 0.117. The first-order valence-electron chi connectivity index (χ1n) is 8.74. The minimum Gasteiger partial charge on any atom is -0.484 e. The van der Waals surface area contributed by atoms with Crippen LogP contribution in [0.15, 0.2) is 59.7 Å². The highest BCUT2D eigenvalue weighted by molar-refractivity contribution is 6.32. The summed E-state index contributed by atoms with van der Waals surface area (Å²) >= 11 is 6.16. The van der Waals surface area contributed by atoms with Crippen molar-refractivity contribution in [2.75, 3.05) is 6.61 Å².